The quantitative estimate of drug-likeness (QED) is 0.781. The molecule has 1 atom stereocenters. The fourth-order valence-corrected chi connectivity index (χ4v) is 2.30. The van der Waals surface area contributed by atoms with Crippen LogP contribution in [0, 0.1) is 0 Å². The maximum absolute atomic E-state index is 11.9. The number of hydrogen-bond donors (Lipinski definition) is 1. The van der Waals surface area contributed by atoms with E-state index in [1.165, 1.54) is 0 Å². The first-order valence-electron chi connectivity index (χ1n) is 7.17. The van der Waals surface area contributed by atoms with Gasteiger partial charge in [0.05, 0.1) is 12.3 Å². The fourth-order valence-electron chi connectivity index (χ4n) is 2.30. The molecule has 0 bridgehead atoms. The first kappa shape index (κ1) is 14.2. The summed E-state index contributed by atoms with van der Waals surface area (Å²) in [6.07, 6.45) is 1.59. The highest BCUT2D eigenvalue weighted by Crippen LogP contribution is 2.20. The van der Waals surface area contributed by atoms with Gasteiger partial charge in [-0.05, 0) is 42.0 Å². The molecule has 0 saturated carbocycles. The molecular formula is C18H17NO3. The molecule has 112 valence electrons. The van der Waals surface area contributed by atoms with E-state index in [-0.39, 0.29) is 18.6 Å². The van der Waals surface area contributed by atoms with Crippen LogP contribution in [0.3, 0.4) is 0 Å². The van der Waals surface area contributed by atoms with Gasteiger partial charge in [0.1, 0.15) is 11.5 Å². The van der Waals surface area contributed by atoms with Crippen LogP contribution in [-0.4, -0.2) is 12.5 Å². The molecule has 2 aromatic carbocycles. The number of hydrogen-bond acceptors (Lipinski definition) is 3. The van der Waals surface area contributed by atoms with Crippen LogP contribution in [0.2, 0.25) is 0 Å². The van der Waals surface area contributed by atoms with E-state index in [9.17, 15) is 4.79 Å². The summed E-state index contributed by atoms with van der Waals surface area (Å²) in [5, 5.41) is 5.06. The molecule has 22 heavy (non-hydrogen) atoms. The van der Waals surface area contributed by atoms with Gasteiger partial charge in [-0.2, -0.15) is 0 Å². The Morgan fingerprint density at radius 3 is 2.73 bits per heavy atom. The average molecular weight is 295 g/mol. The lowest BCUT2D eigenvalue weighted by Crippen LogP contribution is -2.31. The van der Waals surface area contributed by atoms with Crippen molar-refractivity contribution >= 4 is 16.7 Å². The SMILES string of the molecule is C[C@H](NC(=O)COc1ccc2ccccc2c1)c1ccco1. The summed E-state index contributed by atoms with van der Waals surface area (Å²) in [6.45, 7) is 1.84. The lowest BCUT2D eigenvalue weighted by Gasteiger charge is -2.12. The van der Waals surface area contributed by atoms with Crippen LogP contribution >= 0.6 is 0 Å². The van der Waals surface area contributed by atoms with Gasteiger partial charge in [0.2, 0.25) is 0 Å². The molecule has 3 rings (SSSR count). The Balaban J connectivity index is 1.57. The lowest BCUT2D eigenvalue weighted by molar-refractivity contribution is -0.123. The third-order valence-electron chi connectivity index (χ3n) is 3.44. The molecule has 3 aromatic rings. The predicted molar refractivity (Wildman–Crippen MR) is 84.7 cm³/mol. The number of furan rings is 1. The van der Waals surface area contributed by atoms with Gasteiger partial charge in [0.15, 0.2) is 6.61 Å². The standard InChI is InChI=1S/C18H17NO3/c1-13(17-7-4-10-21-17)19-18(20)12-22-16-9-8-14-5-2-3-6-15(14)11-16/h2-11,13H,12H2,1H3,(H,19,20)/t13-/m0/s1. The van der Waals surface area contributed by atoms with Gasteiger partial charge < -0.3 is 14.5 Å². The Labute approximate surface area is 128 Å². The number of nitrogens with one attached hydrogen (secondary N) is 1. The van der Waals surface area contributed by atoms with Crippen molar-refractivity contribution in [2.24, 2.45) is 0 Å². The zero-order valence-electron chi connectivity index (χ0n) is 12.3. The summed E-state index contributed by atoms with van der Waals surface area (Å²) in [4.78, 5) is 11.9. The minimum atomic E-state index is -0.183. The highest BCUT2D eigenvalue weighted by molar-refractivity contribution is 5.84. The Bertz CT molecular complexity index is 765. The molecule has 1 amide bonds. The van der Waals surface area contributed by atoms with Crippen molar-refractivity contribution in [3.8, 4) is 5.75 Å². The van der Waals surface area contributed by atoms with Crippen LogP contribution < -0.4 is 10.1 Å². The van der Waals surface area contributed by atoms with Crippen molar-refractivity contribution in [3.63, 3.8) is 0 Å². The van der Waals surface area contributed by atoms with E-state index in [1.54, 1.807) is 12.3 Å². The van der Waals surface area contributed by atoms with E-state index in [2.05, 4.69) is 5.32 Å². The number of carbonyl (C=O) groups is 1. The molecule has 0 aliphatic heterocycles. The van der Waals surface area contributed by atoms with Crippen molar-refractivity contribution in [2.45, 2.75) is 13.0 Å². The van der Waals surface area contributed by atoms with E-state index in [4.69, 9.17) is 9.15 Å². The molecular weight excluding hydrogens is 278 g/mol. The van der Waals surface area contributed by atoms with Crippen LogP contribution in [0.5, 0.6) is 5.75 Å². The number of benzene rings is 2. The molecule has 0 aliphatic carbocycles. The Morgan fingerprint density at radius 1 is 1.14 bits per heavy atom. The Morgan fingerprint density at radius 2 is 1.95 bits per heavy atom. The lowest BCUT2D eigenvalue weighted by atomic mass is 10.1. The molecule has 1 heterocycles. The van der Waals surface area contributed by atoms with Crippen LogP contribution in [0.1, 0.15) is 18.7 Å². The van der Waals surface area contributed by atoms with E-state index < -0.39 is 0 Å². The van der Waals surface area contributed by atoms with Crippen molar-refractivity contribution in [1.82, 2.24) is 5.32 Å². The van der Waals surface area contributed by atoms with Crippen molar-refractivity contribution in [3.05, 3.63) is 66.6 Å². The first-order valence-corrected chi connectivity index (χ1v) is 7.17. The zero-order chi connectivity index (χ0) is 15.4. The smallest absolute Gasteiger partial charge is 0.258 e. The first-order chi connectivity index (χ1) is 10.7. The van der Waals surface area contributed by atoms with Gasteiger partial charge in [-0.1, -0.05) is 30.3 Å². The van der Waals surface area contributed by atoms with Crippen LogP contribution in [0.4, 0.5) is 0 Å². The number of ether oxygens (including phenoxy) is 1. The van der Waals surface area contributed by atoms with Gasteiger partial charge in [-0.15, -0.1) is 0 Å². The van der Waals surface area contributed by atoms with Crippen molar-refractivity contribution in [2.75, 3.05) is 6.61 Å². The second-order valence-electron chi connectivity index (χ2n) is 5.10. The normalized spacial score (nSPS) is 12.0. The summed E-state index contributed by atoms with van der Waals surface area (Å²) >= 11 is 0. The second-order valence-corrected chi connectivity index (χ2v) is 5.10. The maximum atomic E-state index is 11.9. The Hall–Kier alpha value is -2.75. The number of amides is 1. The summed E-state index contributed by atoms with van der Waals surface area (Å²) in [6, 6.07) is 17.2. The largest absolute Gasteiger partial charge is 0.484 e. The molecule has 0 unspecified atom stereocenters. The topological polar surface area (TPSA) is 51.5 Å². The number of fused-ring (bicyclic) bond motifs is 1. The van der Waals surface area contributed by atoms with Crippen molar-refractivity contribution in [1.29, 1.82) is 0 Å². The van der Waals surface area contributed by atoms with Gasteiger partial charge in [-0.3, -0.25) is 4.79 Å². The van der Waals surface area contributed by atoms with Crippen molar-refractivity contribution < 1.29 is 13.9 Å². The summed E-state index contributed by atoms with van der Waals surface area (Å²) in [5.41, 5.74) is 0. The summed E-state index contributed by atoms with van der Waals surface area (Å²) < 4.78 is 10.8. The molecule has 4 heteroatoms. The maximum Gasteiger partial charge on any atom is 0.258 e. The molecule has 0 fully saturated rings. The van der Waals surface area contributed by atoms with E-state index in [1.807, 2.05) is 55.5 Å². The van der Waals surface area contributed by atoms with Crippen LogP contribution in [-0.2, 0) is 4.79 Å². The predicted octanol–water partition coefficient (Wildman–Crippen LogP) is 3.69. The minimum Gasteiger partial charge on any atom is -0.484 e. The monoisotopic (exact) mass is 295 g/mol. The third kappa shape index (κ3) is 3.28. The summed E-state index contributed by atoms with van der Waals surface area (Å²) in [7, 11) is 0. The molecule has 4 nitrogen and oxygen atoms in total. The molecule has 0 spiro atoms. The van der Waals surface area contributed by atoms with E-state index in [0.717, 1.165) is 16.5 Å². The van der Waals surface area contributed by atoms with Gasteiger partial charge in [0, 0.05) is 0 Å². The van der Waals surface area contributed by atoms with Crippen LogP contribution in [0.15, 0.2) is 65.3 Å². The van der Waals surface area contributed by atoms with Gasteiger partial charge in [0.25, 0.3) is 5.91 Å². The Kier molecular flexibility index (Phi) is 4.10. The molecule has 0 radical (unpaired) electrons. The highest BCUT2D eigenvalue weighted by atomic mass is 16.5. The van der Waals surface area contributed by atoms with E-state index in [0.29, 0.717) is 5.75 Å². The molecule has 0 aliphatic rings. The molecule has 1 N–H and O–H groups in total. The molecule has 0 saturated heterocycles. The minimum absolute atomic E-state index is 0.0244. The van der Waals surface area contributed by atoms with E-state index >= 15 is 0 Å². The third-order valence-corrected chi connectivity index (χ3v) is 3.44. The average Bonchev–Trinajstić information content (AvgIpc) is 3.07. The molecule has 1 aromatic heterocycles. The highest BCUT2D eigenvalue weighted by Gasteiger charge is 2.12. The fraction of sp³-hybridized carbons (Fsp3) is 0.167. The zero-order valence-corrected chi connectivity index (χ0v) is 12.3. The summed E-state index contributed by atoms with van der Waals surface area (Å²) in [5.74, 6) is 1.22. The number of rotatable bonds is 5. The second kappa shape index (κ2) is 6.35. The van der Waals surface area contributed by atoms with Gasteiger partial charge in [-0.25, -0.2) is 0 Å². The number of carbonyl (C=O) groups excluding carboxylic acids is 1. The van der Waals surface area contributed by atoms with Gasteiger partial charge >= 0.3 is 0 Å². The van der Waals surface area contributed by atoms with Crippen LogP contribution in [0.25, 0.3) is 10.8 Å².